The maximum Gasteiger partial charge on any atom is 0.172 e. The molecule has 0 unspecified atom stereocenters. The van der Waals surface area contributed by atoms with Crippen LogP contribution in [0.1, 0.15) is 32.6 Å². The van der Waals surface area contributed by atoms with Crippen molar-refractivity contribution >= 4 is 22.6 Å². The van der Waals surface area contributed by atoms with Crippen molar-refractivity contribution in [3.63, 3.8) is 0 Å². The molecule has 0 aromatic carbocycles. The van der Waals surface area contributed by atoms with E-state index in [0.29, 0.717) is 12.2 Å². The highest BCUT2D eigenvalue weighted by Gasteiger charge is 2.42. The van der Waals surface area contributed by atoms with Crippen LogP contribution in [0.2, 0.25) is 0 Å². The van der Waals surface area contributed by atoms with Crippen LogP contribution in [0.3, 0.4) is 0 Å². The minimum absolute atomic E-state index is 0.277. The van der Waals surface area contributed by atoms with Crippen molar-refractivity contribution in [1.29, 1.82) is 0 Å². The van der Waals surface area contributed by atoms with E-state index < -0.39 is 0 Å². The van der Waals surface area contributed by atoms with Gasteiger partial charge in [0.2, 0.25) is 0 Å². The molecule has 3 nitrogen and oxygen atoms in total. The molecule has 0 saturated carbocycles. The molecule has 17 heavy (non-hydrogen) atoms. The fourth-order valence-corrected chi connectivity index (χ4v) is 3.70. The van der Waals surface area contributed by atoms with Crippen LogP contribution in [0.5, 0.6) is 0 Å². The predicted molar refractivity (Wildman–Crippen MR) is 73.4 cm³/mol. The van der Waals surface area contributed by atoms with Crippen LogP contribution < -0.4 is 0 Å². The van der Waals surface area contributed by atoms with Gasteiger partial charge in [-0.1, -0.05) is 33.7 Å². The van der Waals surface area contributed by atoms with E-state index in [1.54, 1.807) is 5.57 Å². The summed E-state index contributed by atoms with van der Waals surface area (Å²) >= 11 is 2.40. The Labute approximate surface area is 116 Å². The van der Waals surface area contributed by atoms with Crippen LogP contribution in [0.15, 0.2) is 11.1 Å². The third-order valence-electron chi connectivity index (χ3n) is 4.05. The first-order valence-corrected chi connectivity index (χ1v) is 7.92. The minimum Gasteiger partial charge on any atom is -0.368 e. The summed E-state index contributed by atoms with van der Waals surface area (Å²) in [5.41, 5.74) is 3.04. The molecule has 1 aliphatic carbocycles. The van der Waals surface area contributed by atoms with Gasteiger partial charge in [-0.25, -0.2) is 0 Å². The lowest BCUT2D eigenvalue weighted by atomic mass is 9.85. The summed E-state index contributed by atoms with van der Waals surface area (Å²) < 4.78 is 18.3. The van der Waals surface area contributed by atoms with Gasteiger partial charge in [-0.2, -0.15) is 0 Å². The second-order valence-corrected chi connectivity index (χ2v) is 6.12. The SMILES string of the molecule is CC1=C(C[C@@H]2O[C@H]2CI)CCC2(C1)OCCO2. The van der Waals surface area contributed by atoms with E-state index in [9.17, 15) is 0 Å². The lowest BCUT2D eigenvalue weighted by molar-refractivity contribution is -0.163. The number of hydrogen-bond acceptors (Lipinski definition) is 3. The number of rotatable bonds is 3. The van der Waals surface area contributed by atoms with E-state index >= 15 is 0 Å². The first kappa shape index (κ1) is 12.4. The molecule has 2 heterocycles. The molecule has 2 aliphatic heterocycles. The highest BCUT2D eigenvalue weighted by atomic mass is 127. The van der Waals surface area contributed by atoms with Gasteiger partial charge in [0.1, 0.15) is 0 Å². The first-order chi connectivity index (χ1) is 8.22. The number of halogens is 1. The monoisotopic (exact) mass is 350 g/mol. The molecular weight excluding hydrogens is 331 g/mol. The maximum absolute atomic E-state index is 5.77. The molecule has 0 aromatic rings. The Morgan fingerprint density at radius 1 is 1.29 bits per heavy atom. The Hall–Kier alpha value is 0.350. The van der Waals surface area contributed by atoms with Gasteiger partial charge < -0.3 is 14.2 Å². The first-order valence-electron chi connectivity index (χ1n) is 6.39. The zero-order chi connectivity index (χ0) is 11.9. The van der Waals surface area contributed by atoms with E-state index in [1.165, 1.54) is 5.57 Å². The second-order valence-electron chi connectivity index (χ2n) is 5.24. The average molecular weight is 350 g/mol. The summed E-state index contributed by atoms with van der Waals surface area (Å²) in [4.78, 5) is 0. The quantitative estimate of drug-likeness (QED) is 0.340. The van der Waals surface area contributed by atoms with Crippen LogP contribution in [0.25, 0.3) is 0 Å². The van der Waals surface area contributed by atoms with Crippen molar-refractivity contribution < 1.29 is 14.2 Å². The van der Waals surface area contributed by atoms with Gasteiger partial charge in [0.05, 0.1) is 25.4 Å². The fraction of sp³-hybridized carbons (Fsp3) is 0.846. The number of ether oxygens (including phenoxy) is 3. The highest BCUT2D eigenvalue weighted by molar-refractivity contribution is 14.1. The summed E-state index contributed by atoms with van der Waals surface area (Å²) in [6.07, 6.45) is 5.18. The zero-order valence-electron chi connectivity index (χ0n) is 10.2. The van der Waals surface area contributed by atoms with Gasteiger partial charge in [0, 0.05) is 17.3 Å². The molecule has 2 saturated heterocycles. The van der Waals surface area contributed by atoms with Crippen LogP contribution in [0.4, 0.5) is 0 Å². The summed E-state index contributed by atoms with van der Waals surface area (Å²) in [5, 5.41) is 0. The average Bonchev–Trinajstić information content (AvgIpc) is 2.94. The molecular formula is C13H19IO3. The molecule has 4 heteroatoms. The standard InChI is InChI=1S/C13H19IO3/c1-9-7-13(15-4-5-16-13)3-2-10(9)6-11-12(8-14)17-11/h11-12H,2-8H2,1H3/t11-,12-/m0/s1. The van der Waals surface area contributed by atoms with Crippen molar-refractivity contribution in [2.75, 3.05) is 17.6 Å². The third-order valence-corrected chi connectivity index (χ3v) is 4.91. The molecule has 0 bridgehead atoms. The van der Waals surface area contributed by atoms with Gasteiger partial charge in [0.15, 0.2) is 5.79 Å². The van der Waals surface area contributed by atoms with E-state index in [1.807, 2.05) is 0 Å². The number of epoxide rings is 1. The Kier molecular flexibility index (Phi) is 3.49. The van der Waals surface area contributed by atoms with Crippen molar-refractivity contribution in [2.24, 2.45) is 0 Å². The smallest absolute Gasteiger partial charge is 0.172 e. The van der Waals surface area contributed by atoms with Gasteiger partial charge in [-0.05, 0) is 19.8 Å². The molecule has 2 atom stereocenters. The molecule has 96 valence electrons. The predicted octanol–water partition coefficient (Wildman–Crippen LogP) is 2.82. The molecule has 0 aromatic heterocycles. The largest absolute Gasteiger partial charge is 0.368 e. The van der Waals surface area contributed by atoms with E-state index in [-0.39, 0.29) is 5.79 Å². The third kappa shape index (κ3) is 2.55. The van der Waals surface area contributed by atoms with Crippen LogP contribution >= 0.6 is 22.6 Å². The zero-order valence-corrected chi connectivity index (χ0v) is 12.4. The Morgan fingerprint density at radius 2 is 2.06 bits per heavy atom. The molecule has 0 N–H and O–H groups in total. The number of hydrogen-bond donors (Lipinski definition) is 0. The van der Waals surface area contributed by atoms with E-state index in [4.69, 9.17) is 14.2 Å². The van der Waals surface area contributed by atoms with Crippen molar-refractivity contribution in [2.45, 2.75) is 50.6 Å². The molecule has 3 aliphatic rings. The van der Waals surface area contributed by atoms with Crippen molar-refractivity contribution in [1.82, 2.24) is 0 Å². The lowest BCUT2D eigenvalue weighted by Gasteiger charge is -2.33. The van der Waals surface area contributed by atoms with Crippen molar-refractivity contribution in [3.05, 3.63) is 11.1 Å². The van der Waals surface area contributed by atoms with Gasteiger partial charge in [0.25, 0.3) is 0 Å². The van der Waals surface area contributed by atoms with Gasteiger partial charge >= 0.3 is 0 Å². The second kappa shape index (κ2) is 4.79. The Balaban J connectivity index is 1.62. The Bertz CT molecular complexity index is 334. The van der Waals surface area contributed by atoms with Crippen LogP contribution in [0, 0.1) is 0 Å². The van der Waals surface area contributed by atoms with Crippen LogP contribution in [-0.2, 0) is 14.2 Å². The summed E-state index contributed by atoms with van der Waals surface area (Å²) in [6, 6.07) is 0. The molecule has 2 fully saturated rings. The van der Waals surface area contributed by atoms with Gasteiger partial charge in [-0.15, -0.1) is 0 Å². The normalized spacial score (nSPS) is 35.6. The number of alkyl halides is 1. The summed E-state index contributed by atoms with van der Waals surface area (Å²) in [5.74, 6) is -0.277. The topological polar surface area (TPSA) is 31.0 Å². The lowest BCUT2D eigenvalue weighted by Crippen LogP contribution is -2.33. The fourth-order valence-electron chi connectivity index (χ4n) is 2.93. The van der Waals surface area contributed by atoms with Crippen LogP contribution in [-0.4, -0.2) is 35.6 Å². The van der Waals surface area contributed by atoms with Gasteiger partial charge in [-0.3, -0.25) is 0 Å². The summed E-state index contributed by atoms with van der Waals surface area (Å²) in [6.45, 7) is 3.74. The minimum atomic E-state index is -0.277. The molecule has 0 amide bonds. The van der Waals surface area contributed by atoms with E-state index in [2.05, 4.69) is 29.5 Å². The van der Waals surface area contributed by atoms with Crippen molar-refractivity contribution in [3.8, 4) is 0 Å². The summed E-state index contributed by atoms with van der Waals surface area (Å²) in [7, 11) is 0. The molecule has 3 rings (SSSR count). The molecule has 1 spiro atoms. The highest BCUT2D eigenvalue weighted by Crippen LogP contribution is 2.42. The Morgan fingerprint density at radius 3 is 2.65 bits per heavy atom. The van der Waals surface area contributed by atoms with E-state index in [0.717, 1.165) is 43.3 Å². The molecule has 0 radical (unpaired) electrons. The maximum atomic E-state index is 5.77.